The first-order valence-corrected chi connectivity index (χ1v) is 11.5. The number of hydrogen-bond acceptors (Lipinski definition) is 5. The lowest BCUT2D eigenvalue weighted by molar-refractivity contribution is 0.0699. The number of nitrogens with zero attached hydrogens (tertiary/aromatic N) is 2. The molecule has 2 aromatic carbocycles. The van der Waals surface area contributed by atoms with Crippen LogP contribution in [0.5, 0.6) is 0 Å². The number of carbonyl (C=O) groups is 1. The van der Waals surface area contributed by atoms with Gasteiger partial charge in [-0.25, -0.2) is 13.4 Å². The number of oxazole rings is 1. The van der Waals surface area contributed by atoms with E-state index in [1.807, 2.05) is 24.3 Å². The van der Waals surface area contributed by atoms with Crippen molar-refractivity contribution in [2.45, 2.75) is 18.8 Å². The van der Waals surface area contributed by atoms with Crippen molar-refractivity contribution in [3.8, 4) is 0 Å². The Kier molecular flexibility index (Phi) is 5.23. The van der Waals surface area contributed by atoms with Crippen molar-refractivity contribution in [3.05, 3.63) is 58.9 Å². The molecule has 1 saturated heterocycles. The van der Waals surface area contributed by atoms with Gasteiger partial charge in [0.25, 0.3) is 5.91 Å². The summed E-state index contributed by atoms with van der Waals surface area (Å²) >= 11 is 6.06. The number of likely N-dealkylation sites (tertiary alicyclic amines) is 1. The Balaban J connectivity index is 1.55. The predicted molar refractivity (Wildman–Crippen MR) is 112 cm³/mol. The summed E-state index contributed by atoms with van der Waals surface area (Å²) in [5, 5.41) is 0.231. The Morgan fingerprint density at radius 3 is 2.83 bits per heavy atom. The number of benzene rings is 2. The smallest absolute Gasteiger partial charge is 0.253 e. The van der Waals surface area contributed by atoms with Crippen molar-refractivity contribution >= 4 is 44.3 Å². The summed E-state index contributed by atoms with van der Waals surface area (Å²) in [6.07, 6.45) is 2.75. The minimum Gasteiger partial charge on any atom is -0.440 e. The van der Waals surface area contributed by atoms with Gasteiger partial charge >= 0.3 is 0 Å². The van der Waals surface area contributed by atoms with Crippen molar-refractivity contribution in [2.75, 3.05) is 24.1 Å². The molecule has 1 aliphatic rings. The lowest BCUT2D eigenvalue weighted by atomic mass is 9.97. The first-order valence-electron chi connectivity index (χ1n) is 9.22. The molecule has 29 heavy (non-hydrogen) atoms. The second kappa shape index (κ2) is 7.68. The molecule has 1 fully saturated rings. The predicted octanol–water partition coefficient (Wildman–Crippen LogP) is 3.87. The lowest BCUT2D eigenvalue weighted by Gasteiger charge is -2.31. The number of aromatic nitrogens is 1. The van der Waals surface area contributed by atoms with Gasteiger partial charge in [-0.2, -0.15) is 0 Å². The molecule has 1 unspecified atom stereocenters. The summed E-state index contributed by atoms with van der Waals surface area (Å²) < 4.78 is 31.3. The zero-order chi connectivity index (χ0) is 20.6. The first-order chi connectivity index (χ1) is 13.8. The number of carbonyl (C=O) groups excluding carboxylic acids is 1. The summed E-state index contributed by atoms with van der Waals surface area (Å²) in [6.45, 7) is 1.11. The largest absolute Gasteiger partial charge is 0.440 e. The fourth-order valence-electron chi connectivity index (χ4n) is 3.55. The summed E-state index contributed by atoms with van der Waals surface area (Å²) in [5.74, 6) is 0.472. The molecule has 7 nitrogen and oxygen atoms in total. The zero-order valence-corrected chi connectivity index (χ0v) is 17.3. The van der Waals surface area contributed by atoms with Gasteiger partial charge in [0, 0.05) is 18.7 Å². The topological polar surface area (TPSA) is 92.5 Å². The third kappa shape index (κ3) is 4.38. The monoisotopic (exact) mass is 433 g/mol. The van der Waals surface area contributed by atoms with E-state index in [1.165, 1.54) is 12.1 Å². The van der Waals surface area contributed by atoms with Crippen LogP contribution in [0.2, 0.25) is 5.02 Å². The molecule has 0 radical (unpaired) electrons. The highest BCUT2D eigenvalue weighted by Gasteiger charge is 2.29. The third-order valence-electron chi connectivity index (χ3n) is 4.88. The van der Waals surface area contributed by atoms with Crippen molar-refractivity contribution < 1.29 is 17.6 Å². The molecular formula is C20H20ClN3O4S. The number of nitrogens with one attached hydrogen (secondary N) is 1. The summed E-state index contributed by atoms with van der Waals surface area (Å²) in [5.41, 5.74) is 2.10. The van der Waals surface area contributed by atoms with E-state index in [2.05, 4.69) is 9.71 Å². The average Bonchev–Trinajstić information content (AvgIpc) is 3.12. The average molecular weight is 434 g/mol. The minimum absolute atomic E-state index is 0.0148. The van der Waals surface area contributed by atoms with E-state index in [9.17, 15) is 13.2 Å². The number of fused-ring (bicyclic) bond motifs is 1. The Morgan fingerprint density at radius 2 is 2.07 bits per heavy atom. The Morgan fingerprint density at radius 1 is 1.28 bits per heavy atom. The quantitative estimate of drug-likeness (QED) is 0.674. The maximum atomic E-state index is 13.0. The normalized spacial score (nSPS) is 17.4. The highest BCUT2D eigenvalue weighted by Crippen LogP contribution is 2.30. The highest BCUT2D eigenvalue weighted by atomic mass is 35.5. The van der Waals surface area contributed by atoms with Crippen LogP contribution in [0.3, 0.4) is 0 Å². The molecular weight excluding hydrogens is 414 g/mol. The van der Waals surface area contributed by atoms with Gasteiger partial charge in [0.05, 0.1) is 22.9 Å². The Labute approximate surface area is 173 Å². The molecule has 1 aliphatic heterocycles. The number of rotatable bonds is 4. The van der Waals surface area contributed by atoms with Gasteiger partial charge in [-0.1, -0.05) is 23.7 Å². The lowest BCUT2D eigenvalue weighted by Crippen LogP contribution is -2.39. The molecule has 1 N–H and O–H groups in total. The van der Waals surface area contributed by atoms with Crippen molar-refractivity contribution in [1.82, 2.24) is 9.88 Å². The number of anilines is 1. The van der Waals surface area contributed by atoms with E-state index >= 15 is 0 Å². The fraction of sp³-hybridized carbons (Fsp3) is 0.300. The molecule has 1 atom stereocenters. The van der Waals surface area contributed by atoms with Crippen LogP contribution in [0.4, 0.5) is 5.69 Å². The number of sulfonamides is 1. The van der Waals surface area contributed by atoms with E-state index in [1.54, 1.807) is 11.0 Å². The van der Waals surface area contributed by atoms with Crippen LogP contribution < -0.4 is 4.72 Å². The van der Waals surface area contributed by atoms with Gasteiger partial charge in [0.1, 0.15) is 5.52 Å². The molecule has 0 aliphatic carbocycles. The van der Waals surface area contributed by atoms with Crippen molar-refractivity contribution in [1.29, 1.82) is 0 Å². The van der Waals surface area contributed by atoms with E-state index in [-0.39, 0.29) is 22.5 Å². The van der Waals surface area contributed by atoms with Crippen molar-refractivity contribution in [3.63, 3.8) is 0 Å². The van der Waals surface area contributed by atoms with Gasteiger partial charge in [0.2, 0.25) is 10.0 Å². The zero-order valence-electron chi connectivity index (χ0n) is 15.8. The van der Waals surface area contributed by atoms with Crippen LogP contribution in [0.25, 0.3) is 11.1 Å². The van der Waals surface area contributed by atoms with E-state index < -0.39 is 10.0 Å². The fourth-order valence-corrected chi connectivity index (χ4v) is 4.34. The summed E-state index contributed by atoms with van der Waals surface area (Å²) in [4.78, 5) is 19.3. The SMILES string of the molecule is CS(=O)(=O)Nc1cc(C(=O)N2CCCC(c3nc4ccccc4o3)C2)ccc1Cl. The van der Waals surface area contributed by atoms with Gasteiger partial charge in [-0.05, 0) is 43.2 Å². The molecule has 0 saturated carbocycles. The second-order valence-corrected chi connectivity index (χ2v) is 9.33. The van der Waals surface area contributed by atoms with Crippen LogP contribution >= 0.6 is 11.6 Å². The van der Waals surface area contributed by atoms with Gasteiger partial charge in [-0.15, -0.1) is 0 Å². The van der Waals surface area contributed by atoms with E-state index in [4.69, 9.17) is 16.0 Å². The van der Waals surface area contributed by atoms with Crippen LogP contribution in [0.1, 0.15) is 35.0 Å². The first kappa shape index (κ1) is 19.7. The standard InChI is InChI=1S/C20H20ClN3O4S/c1-29(26,27)23-17-11-13(8-9-15(17)21)20(25)24-10-4-5-14(12-24)19-22-16-6-2-3-7-18(16)28-19/h2-3,6-9,11,14,23H,4-5,10,12H2,1H3. The highest BCUT2D eigenvalue weighted by molar-refractivity contribution is 7.92. The number of para-hydroxylation sites is 2. The summed E-state index contributed by atoms with van der Waals surface area (Å²) in [6, 6.07) is 12.2. The van der Waals surface area contributed by atoms with Crippen LogP contribution in [0.15, 0.2) is 46.9 Å². The Hall–Kier alpha value is -2.58. The van der Waals surface area contributed by atoms with E-state index in [0.29, 0.717) is 24.5 Å². The third-order valence-corrected chi connectivity index (χ3v) is 5.80. The van der Waals surface area contributed by atoms with Crippen LogP contribution in [-0.2, 0) is 10.0 Å². The number of amides is 1. The molecule has 4 rings (SSSR count). The molecule has 1 amide bonds. The molecule has 0 spiro atoms. The maximum absolute atomic E-state index is 13.0. The molecule has 9 heteroatoms. The molecule has 0 bridgehead atoms. The van der Waals surface area contributed by atoms with E-state index in [0.717, 1.165) is 30.2 Å². The minimum atomic E-state index is -3.50. The number of hydrogen-bond donors (Lipinski definition) is 1. The maximum Gasteiger partial charge on any atom is 0.253 e. The summed E-state index contributed by atoms with van der Waals surface area (Å²) in [7, 11) is -3.50. The molecule has 1 aromatic heterocycles. The number of piperidine rings is 1. The Bertz CT molecular complexity index is 1140. The van der Waals surface area contributed by atoms with Crippen molar-refractivity contribution in [2.24, 2.45) is 0 Å². The number of halogens is 1. The molecule has 152 valence electrons. The molecule has 2 heterocycles. The van der Waals surface area contributed by atoms with Gasteiger partial charge < -0.3 is 9.32 Å². The molecule has 3 aromatic rings. The second-order valence-electron chi connectivity index (χ2n) is 7.18. The van der Waals surface area contributed by atoms with Gasteiger partial charge in [0.15, 0.2) is 11.5 Å². The van der Waals surface area contributed by atoms with Crippen LogP contribution in [0, 0.1) is 0 Å². The van der Waals surface area contributed by atoms with Crippen LogP contribution in [-0.4, -0.2) is 43.6 Å². The van der Waals surface area contributed by atoms with Gasteiger partial charge in [-0.3, -0.25) is 9.52 Å².